The molecule has 3 rings (SSSR count). The fourth-order valence-electron chi connectivity index (χ4n) is 2.83. The smallest absolute Gasteiger partial charge is 0.335 e. The maximum atomic E-state index is 12.7. The van der Waals surface area contributed by atoms with Crippen LogP contribution in [0.1, 0.15) is 38.8 Å². The third-order valence-corrected chi connectivity index (χ3v) is 4.36. The second-order valence-electron chi connectivity index (χ2n) is 5.71. The Hall–Kier alpha value is -2.60. The molecule has 6 nitrogen and oxygen atoms in total. The number of hydrogen-bond donors (Lipinski definition) is 1. The lowest BCUT2D eigenvalue weighted by atomic mass is 9.97. The molecular weight excluding hydrogens is 344 g/mol. The monoisotopic (exact) mass is 360 g/mol. The Morgan fingerprint density at radius 1 is 1.28 bits per heavy atom. The van der Waals surface area contributed by atoms with Crippen molar-refractivity contribution in [3.05, 3.63) is 57.7 Å². The van der Waals surface area contributed by atoms with E-state index in [9.17, 15) is 9.59 Å². The van der Waals surface area contributed by atoms with Gasteiger partial charge in [-0.3, -0.25) is 4.79 Å². The summed E-state index contributed by atoms with van der Waals surface area (Å²) in [5, 5.41) is 9.41. The summed E-state index contributed by atoms with van der Waals surface area (Å²) in [5.41, 5.74) is 2.52. The summed E-state index contributed by atoms with van der Waals surface area (Å²) in [5.74, 6) is -0.867. The van der Waals surface area contributed by atoms with Gasteiger partial charge in [0.25, 0.3) is 5.91 Å². The van der Waals surface area contributed by atoms with Gasteiger partial charge in [0.05, 0.1) is 17.7 Å². The first kappa shape index (κ1) is 17.2. The van der Waals surface area contributed by atoms with E-state index in [-0.39, 0.29) is 11.5 Å². The number of carbonyl (C=O) groups is 2. The van der Waals surface area contributed by atoms with Crippen LogP contribution in [0.3, 0.4) is 0 Å². The van der Waals surface area contributed by atoms with Crippen LogP contribution < -0.4 is 4.74 Å². The number of pyridine rings is 1. The summed E-state index contributed by atoms with van der Waals surface area (Å²) in [4.78, 5) is 29.6. The highest BCUT2D eigenvalue weighted by atomic mass is 35.5. The molecule has 0 saturated heterocycles. The number of aromatic nitrogens is 1. The van der Waals surface area contributed by atoms with E-state index in [0.29, 0.717) is 42.6 Å². The number of carbonyl (C=O) groups excluding carboxylic acids is 1. The molecule has 0 bridgehead atoms. The molecule has 2 aromatic rings. The van der Waals surface area contributed by atoms with Gasteiger partial charge >= 0.3 is 5.97 Å². The van der Waals surface area contributed by atoms with Gasteiger partial charge in [-0.25, -0.2) is 9.78 Å². The average molecular weight is 361 g/mol. The van der Waals surface area contributed by atoms with E-state index in [1.54, 1.807) is 23.1 Å². The zero-order valence-electron chi connectivity index (χ0n) is 13.7. The molecule has 0 fully saturated rings. The van der Waals surface area contributed by atoms with Gasteiger partial charge < -0.3 is 14.7 Å². The molecule has 1 N–H and O–H groups in total. The maximum Gasteiger partial charge on any atom is 0.335 e. The number of benzene rings is 1. The second kappa shape index (κ2) is 7.11. The molecule has 1 aliphatic heterocycles. The van der Waals surface area contributed by atoms with Crippen LogP contribution in [0, 0.1) is 0 Å². The first-order valence-corrected chi connectivity index (χ1v) is 8.30. The zero-order valence-corrected chi connectivity index (χ0v) is 14.4. The first-order valence-electron chi connectivity index (χ1n) is 7.92. The number of amides is 1. The maximum absolute atomic E-state index is 12.7. The van der Waals surface area contributed by atoms with Crippen molar-refractivity contribution >= 4 is 23.5 Å². The molecule has 1 amide bonds. The summed E-state index contributed by atoms with van der Waals surface area (Å²) in [6, 6.07) is 6.58. The van der Waals surface area contributed by atoms with Crippen molar-refractivity contribution in [1.82, 2.24) is 9.88 Å². The second-order valence-corrected chi connectivity index (χ2v) is 6.12. The molecule has 25 heavy (non-hydrogen) atoms. The summed E-state index contributed by atoms with van der Waals surface area (Å²) in [6.45, 7) is 3.19. The predicted octanol–water partition coefficient (Wildman–Crippen LogP) is 3.03. The molecule has 0 saturated carbocycles. The van der Waals surface area contributed by atoms with E-state index in [0.717, 1.165) is 11.1 Å². The number of carboxylic acid groups (broad SMARTS) is 1. The van der Waals surface area contributed by atoms with Crippen LogP contribution in [0.15, 0.2) is 30.5 Å². The molecule has 1 aromatic heterocycles. The topological polar surface area (TPSA) is 79.7 Å². The molecule has 2 heterocycles. The van der Waals surface area contributed by atoms with E-state index in [1.165, 1.54) is 6.20 Å². The third kappa shape index (κ3) is 3.58. The first-order chi connectivity index (χ1) is 12.0. The number of ether oxygens (including phenoxy) is 1. The van der Waals surface area contributed by atoms with Crippen molar-refractivity contribution in [2.45, 2.75) is 19.9 Å². The predicted molar refractivity (Wildman–Crippen MR) is 92.3 cm³/mol. The van der Waals surface area contributed by atoms with Crippen LogP contribution in [0.5, 0.6) is 5.88 Å². The molecule has 1 aromatic carbocycles. The van der Waals surface area contributed by atoms with Crippen LogP contribution in [-0.2, 0) is 13.0 Å². The van der Waals surface area contributed by atoms with Gasteiger partial charge in [-0.05, 0) is 42.7 Å². The highest BCUT2D eigenvalue weighted by Crippen LogP contribution is 2.25. The molecule has 7 heteroatoms. The van der Waals surface area contributed by atoms with Gasteiger partial charge in [-0.2, -0.15) is 0 Å². The normalized spacial score (nSPS) is 13.3. The lowest BCUT2D eigenvalue weighted by Gasteiger charge is -2.29. The molecule has 0 spiro atoms. The minimum absolute atomic E-state index is 0.191. The third-order valence-electron chi connectivity index (χ3n) is 4.09. The molecule has 0 radical (unpaired) electrons. The number of aromatic carboxylic acids is 1. The standard InChI is InChI=1S/C18H17ClN2O4/c1-2-25-16-15(19)8-13(9-20-16)17(22)21-6-5-11-3-4-12(18(23)24)7-14(11)10-21/h3-4,7-9H,2,5-6,10H2,1H3,(H,23,24). The molecule has 0 unspecified atom stereocenters. The minimum atomic E-state index is -0.978. The quantitative estimate of drug-likeness (QED) is 0.906. The summed E-state index contributed by atoms with van der Waals surface area (Å²) in [7, 11) is 0. The lowest BCUT2D eigenvalue weighted by molar-refractivity contribution is 0.0696. The largest absolute Gasteiger partial charge is 0.478 e. The number of nitrogens with zero attached hydrogens (tertiary/aromatic N) is 2. The van der Waals surface area contributed by atoms with Crippen LogP contribution in [-0.4, -0.2) is 40.0 Å². The Balaban J connectivity index is 1.81. The highest BCUT2D eigenvalue weighted by Gasteiger charge is 2.23. The van der Waals surface area contributed by atoms with E-state index in [4.69, 9.17) is 21.4 Å². The van der Waals surface area contributed by atoms with Crippen molar-refractivity contribution in [1.29, 1.82) is 0 Å². The van der Waals surface area contributed by atoms with Crippen LogP contribution in [0.4, 0.5) is 0 Å². The minimum Gasteiger partial charge on any atom is -0.478 e. The Morgan fingerprint density at radius 2 is 2.08 bits per heavy atom. The van der Waals surface area contributed by atoms with Gasteiger partial charge in [0.15, 0.2) is 0 Å². The molecular formula is C18H17ClN2O4. The SMILES string of the molecule is CCOc1ncc(C(=O)N2CCc3ccc(C(=O)O)cc3C2)cc1Cl. The Bertz CT molecular complexity index is 838. The number of fused-ring (bicyclic) bond motifs is 1. The fourth-order valence-corrected chi connectivity index (χ4v) is 3.05. The Labute approximate surface area is 150 Å². The lowest BCUT2D eigenvalue weighted by Crippen LogP contribution is -2.36. The van der Waals surface area contributed by atoms with Crippen LogP contribution >= 0.6 is 11.6 Å². The van der Waals surface area contributed by atoms with Gasteiger partial charge in [0.2, 0.25) is 5.88 Å². The van der Waals surface area contributed by atoms with Gasteiger partial charge in [0.1, 0.15) is 5.02 Å². The molecule has 1 aliphatic rings. The van der Waals surface area contributed by atoms with E-state index < -0.39 is 5.97 Å². The van der Waals surface area contributed by atoms with Crippen molar-refractivity contribution < 1.29 is 19.4 Å². The number of carboxylic acids is 1. The van der Waals surface area contributed by atoms with Crippen LogP contribution in [0.25, 0.3) is 0 Å². The average Bonchev–Trinajstić information content (AvgIpc) is 2.62. The van der Waals surface area contributed by atoms with Gasteiger partial charge in [0, 0.05) is 19.3 Å². The highest BCUT2D eigenvalue weighted by molar-refractivity contribution is 6.32. The molecule has 130 valence electrons. The number of halogens is 1. The van der Waals surface area contributed by atoms with E-state index in [1.807, 2.05) is 13.0 Å². The summed E-state index contributed by atoms with van der Waals surface area (Å²) in [6.07, 6.45) is 2.13. The number of hydrogen-bond acceptors (Lipinski definition) is 4. The van der Waals surface area contributed by atoms with Crippen LogP contribution in [0.2, 0.25) is 5.02 Å². The number of rotatable bonds is 4. The summed E-state index contributed by atoms with van der Waals surface area (Å²) >= 11 is 6.10. The van der Waals surface area contributed by atoms with Crippen molar-refractivity contribution in [3.63, 3.8) is 0 Å². The van der Waals surface area contributed by atoms with E-state index in [2.05, 4.69) is 4.98 Å². The van der Waals surface area contributed by atoms with Crippen molar-refractivity contribution in [2.75, 3.05) is 13.2 Å². The summed E-state index contributed by atoms with van der Waals surface area (Å²) < 4.78 is 5.28. The zero-order chi connectivity index (χ0) is 18.0. The Morgan fingerprint density at radius 3 is 2.76 bits per heavy atom. The fraction of sp³-hybridized carbons (Fsp3) is 0.278. The van der Waals surface area contributed by atoms with Gasteiger partial charge in [-0.1, -0.05) is 17.7 Å². The molecule has 0 aliphatic carbocycles. The molecule has 0 atom stereocenters. The van der Waals surface area contributed by atoms with E-state index >= 15 is 0 Å². The Kier molecular flexibility index (Phi) is 4.90. The van der Waals surface area contributed by atoms with Crippen molar-refractivity contribution in [3.8, 4) is 5.88 Å². The van der Waals surface area contributed by atoms with Crippen molar-refractivity contribution in [2.24, 2.45) is 0 Å². The van der Waals surface area contributed by atoms with Gasteiger partial charge in [-0.15, -0.1) is 0 Å².